The molecule has 0 aromatic rings. The minimum Gasteiger partial charge on any atom is -0.368 e. The Morgan fingerprint density at radius 3 is 2.89 bits per heavy atom. The molecule has 9 heavy (non-hydrogen) atoms. The van der Waals surface area contributed by atoms with E-state index in [0.29, 0.717) is 0 Å². The second kappa shape index (κ2) is 5.28. The maximum atomic E-state index is 6.71. The van der Waals surface area contributed by atoms with Crippen LogP contribution in [0.4, 0.5) is 0 Å². The molecule has 52 valence electrons. The van der Waals surface area contributed by atoms with Crippen molar-refractivity contribution in [3.05, 3.63) is 0 Å². The van der Waals surface area contributed by atoms with Gasteiger partial charge in [-0.1, -0.05) is 13.3 Å². The van der Waals surface area contributed by atoms with E-state index < -0.39 is 0 Å². The number of hydrogen-bond donors (Lipinski definition) is 2. The largest absolute Gasteiger partial charge is 0.368 e. The predicted octanol–water partition coefficient (Wildman–Crippen LogP) is 1.14. The third-order valence-electron chi connectivity index (χ3n) is 0.917. The highest BCUT2D eigenvalue weighted by atomic mass is 15.0. The van der Waals surface area contributed by atoms with Gasteiger partial charge in [0.15, 0.2) is 0 Å². The van der Waals surface area contributed by atoms with Crippen LogP contribution in [0.15, 0.2) is 4.99 Å². The maximum absolute atomic E-state index is 6.71. The SMILES string of the molecule is CCCCC=NC(=N)N. The highest BCUT2D eigenvalue weighted by Crippen LogP contribution is 1.88. The third-order valence-corrected chi connectivity index (χ3v) is 0.917. The topological polar surface area (TPSA) is 62.2 Å². The zero-order chi connectivity index (χ0) is 7.11. The lowest BCUT2D eigenvalue weighted by Crippen LogP contribution is -2.05. The predicted molar refractivity (Wildman–Crippen MR) is 39.9 cm³/mol. The van der Waals surface area contributed by atoms with Crippen molar-refractivity contribution in [1.82, 2.24) is 0 Å². The van der Waals surface area contributed by atoms with Crippen LogP contribution in [0.25, 0.3) is 0 Å². The van der Waals surface area contributed by atoms with E-state index >= 15 is 0 Å². The Kier molecular flexibility index (Phi) is 4.78. The van der Waals surface area contributed by atoms with Crippen LogP contribution in [0, 0.1) is 5.41 Å². The fourth-order valence-corrected chi connectivity index (χ4v) is 0.458. The highest BCUT2D eigenvalue weighted by molar-refractivity contribution is 5.83. The lowest BCUT2D eigenvalue weighted by atomic mass is 10.3. The van der Waals surface area contributed by atoms with Gasteiger partial charge in [0.2, 0.25) is 5.96 Å². The van der Waals surface area contributed by atoms with Crippen LogP contribution in [-0.4, -0.2) is 12.2 Å². The second-order valence-corrected chi connectivity index (χ2v) is 1.84. The standard InChI is InChI=1S/C6H13N3/c1-2-3-4-5-9-6(7)8/h5H,2-4H2,1H3,(H3,7,8). The van der Waals surface area contributed by atoms with Crippen LogP contribution in [0.1, 0.15) is 26.2 Å². The smallest absolute Gasteiger partial charge is 0.212 e. The summed E-state index contributed by atoms with van der Waals surface area (Å²) in [4.78, 5) is 3.60. The monoisotopic (exact) mass is 127 g/mol. The summed E-state index contributed by atoms with van der Waals surface area (Å²) in [6, 6.07) is 0. The van der Waals surface area contributed by atoms with E-state index in [4.69, 9.17) is 11.1 Å². The molecule has 0 saturated carbocycles. The zero-order valence-corrected chi connectivity index (χ0v) is 5.72. The molecule has 3 heteroatoms. The summed E-state index contributed by atoms with van der Waals surface area (Å²) >= 11 is 0. The minimum absolute atomic E-state index is 0.105. The van der Waals surface area contributed by atoms with Gasteiger partial charge in [0.05, 0.1) is 0 Å². The van der Waals surface area contributed by atoms with Crippen LogP contribution in [0.3, 0.4) is 0 Å². The van der Waals surface area contributed by atoms with Gasteiger partial charge in [0, 0.05) is 6.21 Å². The molecule has 3 N–H and O–H groups in total. The average molecular weight is 127 g/mol. The Hall–Kier alpha value is -0.860. The summed E-state index contributed by atoms with van der Waals surface area (Å²) in [5.41, 5.74) is 4.96. The van der Waals surface area contributed by atoms with Gasteiger partial charge in [-0.2, -0.15) is 0 Å². The molecule has 0 amide bonds. The molecular weight excluding hydrogens is 114 g/mol. The summed E-state index contributed by atoms with van der Waals surface area (Å²) < 4.78 is 0. The number of aliphatic imine (C=N–C) groups is 1. The Balaban J connectivity index is 3.15. The Bertz CT molecular complexity index is 107. The average Bonchev–Trinajstić information content (AvgIpc) is 1.80. The molecule has 0 aliphatic rings. The fourth-order valence-electron chi connectivity index (χ4n) is 0.458. The summed E-state index contributed by atoms with van der Waals surface area (Å²) in [6.45, 7) is 2.11. The zero-order valence-electron chi connectivity index (χ0n) is 5.72. The molecule has 0 fully saturated rings. The van der Waals surface area contributed by atoms with Crippen molar-refractivity contribution in [2.45, 2.75) is 26.2 Å². The first-order valence-corrected chi connectivity index (χ1v) is 3.14. The van der Waals surface area contributed by atoms with Crippen LogP contribution in [-0.2, 0) is 0 Å². The minimum atomic E-state index is -0.105. The van der Waals surface area contributed by atoms with Gasteiger partial charge in [-0.05, 0) is 12.8 Å². The van der Waals surface area contributed by atoms with E-state index in [9.17, 15) is 0 Å². The number of guanidine groups is 1. The molecule has 0 rings (SSSR count). The molecule has 0 unspecified atom stereocenters. The first-order valence-electron chi connectivity index (χ1n) is 3.14. The van der Waals surface area contributed by atoms with E-state index in [2.05, 4.69) is 11.9 Å². The first-order chi connectivity index (χ1) is 4.27. The molecule has 0 aromatic heterocycles. The van der Waals surface area contributed by atoms with Gasteiger partial charge >= 0.3 is 0 Å². The van der Waals surface area contributed by atoms with Crippen molar-refractivity contribution in [2.24, 2.45) is 10.7 Å². The highest BCUT2D eigenvalue weighted by Gasteiger charge is 1.78. The van der Waals surface area contributed by atoms with Gasteiger partial charge in [0.25, 0.3) is 0 Å². The van der Waals surface area contributed by atoms with E-state index in [1.807, 2.05) is 0 Å². The summed E-state index contributed by atoms with van der Waals surface area (Å²) in [5, 5.41) is 6.71. The summed E-state index contributed by atoms with van der Waals surface area (Å²) in [6.07, 6.45) is 4.89. The molecular formula is C6H13N3. The molecule has 0 aliphatic heterocycles. The molecule has 0 heterocycles. The normalized spacial score (nSPS) is 10.3. The Labute approximate surface area is 55.5 Å². The molecule has 0 radical (unpaired) electrons. The van der Waals surface area contributed by atoms with E-state index in [-0.39, 0.29) is 5.96 Å². The van der Waals surface area contributed by atoms with Gasteiger partial charge < -0.3 is 5.73 Å². The van der Waals surface area contributed by atoms with E-state index in [1.54, 1.807) is 6.21 Å². The number of unbranched alkanes of at least 4 members (excludes halogenated alkanes) is 2. The Morgan fingerprint density at radius 1 is 1.78 bits per heavy atom. The number of nitrogens with one attached hydrogen (secondary N) is 1. The van der Waals surface area contributed by atoms with Gasteiger partial charge in [-0.25, -0.2) is 4.99 Å². The molecule has 3 nitrogen and oxygen atoms in total. The van der Waals surface area contributed by atoms with E-state index in [1.165, 1.54) is 0 Å². The summed E-state index contributed by atoms with van der Waals surface area (Å²) in [7, 11) is 0. The van der Waals surface area contributed by atoms with Gasteiger partial charge in [-0.15, -0.1) is 0 Å². The van der Waals surface area contributed by atoms with E-state index in [0.717, 1.165) is 19.3 Å². The van der Waals surface area contributed by atoms with Crippen LogP contribution in [0.2, 0.25) is 0 Å². The number of nitrogens with zero attached hydrogens (tertiary/aromatic N) is 1. The molecule has 0 saturated heterocycles. The molecule has 0 atom stereocenters. The quantitative estimate of drug-likeness (QED) is 0.333. The molecule has 0 aromatic carbocycles. The van der Waals surface area contributed by atoms with Crippen molar-refractivity contribution in [2.75, 3.05) is 0 Å². The fraction of sp³-hybridized carbons (Fsp3) is 0.667. The maximum Gasteiger partial charge on any atom is 0.212 e. The lowest BCUT2D eigenvalue weighted by molar-refractivity contribution is 0.843. The molecule has 0 bridgehead atoms. The molecule has 0 spiro atoms. The van der Waals surface area contributed by atoms with Crippen molar-refractivity contribution in [3.8, 4) is 0 Å². The van der Waals surface area contributed by atoms with Crippen molar-refractivity contribution in [1.29, 1.82) is 5.41 Å². The lowest BCUT2D eigenvalue weighted by Gasteiger charge is -1.86. The van der Waals surface area contributed by atoms with Crippen LogP contribution >= 0.6 is 0 Å². The van der Waals surface area contributed by atoms with Gasteiger partial charge in [0.1, 0.15) is 0 Å². The third kappa shape index (κ3) is 7.14. The second-order valence-electron chi connectivity index (χ2n) is 1.84. The molecule has 0 aliphatic carbocycles. The van der Waals surface area contributed by atoms with Crippen LogP contribution < -0.4 is 5.73 Å². The van der Waals surface area contributed by atoms with Crippen LogP contribution in [0.5, 0.6) is 0 Å². The number of hydrogen-bond acceptors (Lipinski definition) is 1. The van der Waals surface area contributed by atoms with Crippen molar-refractivity contribution >= 4 is 12.2 Å². The Morgan fingerprint density at radius 2 is 2.44 bits per heavy atom. The number of rotatable bonds is 3. The van der Waals surface area contributed by atoms with Crippen molar-refractivity contribution in [3.63, 3.8) is 0 Å². The number of nitrogens with two attached hydrogens (primary N) is 1. The first kappa shape index (κ1) is 8.14. The van der Waals surface area contributed by atoms with Gasteiger partial charge in [-0.3, -0.25) is 5.41 Å². The van der Waals surface area contributed by atoms with Crippen molar-refractivity contribution < 1.29 is 0 Å². The summed E-state index contributed by atoms with van der Waals surface area (Å²) in [5.74, 6) is -0.105.